The zero-order chi connectivity index (χ0) is 44.6. The van der Waals surface area contributed by atoms with Gasteiger partial charge in [0.05, 0.1) is 39.6 Å². The van der Waals surface area contributed by atoms with E-state index in [0.717, 1.165) is 45.8 Å². The largest absolute Gasteiger partial charge is 0.408 e. The number of hydrogen-bond acceptors (Lipinski definition) is 14. The SMILES string of the molecule is C1COCCN1.CC(C)(C)[Si](C)(C)OC1[C@@H]2OC[C@]1(CN1CCOCC1)O[C@H]2n1ccc(=O)[nH]c1=O.CC[C@]12CO[C@@H](C1O[Si](C)(C)C(C)(C)C)[C@H](n1ccc(=O)[nH]c1=O)O2. The standard InChI is InChI=1S/C20H33N3O6Si.C17H28N2O5Si.C4H9NO/c1-19(2,3)30(4,5)29-16-15-17(23-7-6-14(24)21-18(23)25)28-20(16,13-27-15)12-22-8-10-26-11-9-22;1-7-17-10-22-12(13(17)24-25(5,6)16(2,3)4)14(23-17)19-9-8-11(20)18-15(19)21;1-3-6-4-2-5-1/h6-7,15-17H,8-13H2,1-5H3,(H,21,24,25);8-9,12-14H,7,10H2,1-6H3,(H,18,20,21);5H,1-4H2/t15-,16?,17+,20-;12-,13?,14+,17-;/m00./s1. The Bertz CT molecular complexity index is 2020. The van der Waals surface area contributed by atoms with Crippen molar-refractivity contribution < 1.29 is 37.3 Å². The number of nitrogens with one attached hydrogen (secondary N) is 3. The van der Waals surface area contributed by atoms with Gasteiger partial charge >= 0.3 is 11.4 Å². The van der Waals surface area contributed by atoms with Crippen molar-refractivity contribution in [3.05, 3.63) is 66.2 Å². The summed E-state index contributed by atoms with van der Waals surface area (Å²) in [5, 5.41) is 3.25. The molecule has 8 atom stereocenters. The Balaban J connectivity index is 0.000000181. The van der Waals surface area contributed by atoms with Gasteiger partial charge in [0.1, 0.15) is 35.6 Å². The molecule has 6 aliphatic heterocycles. The molecule has 0 radical (unpaired) electrons. The molecule has 0 aliphatic carbocycles. The third-order valence-corrected chi connectivity index (χ3v) is 22.6. The molecule has 18 nitrogen and oxygen atoms in total. The Hall–Kier alpha value is -2.61. The number of aromatic nitrogens is 4. The molecule has 6 saturated heterocycles. The summed E-state index contributed by atoms with van der Waals surface area (Å²) in [6.07, 6.45) is 1.15. The number of H-pyrrole nitrogens is 2. The van der Waals surface area contributed by atoms with Crippen LogP contribution >= 0.6 is 0 Å². The van der Waals surface area contributed by atoms with E-state index < -0.39 is 68.9 Å². The molecule has 0 aromatic carbocycles. The molecule has 0 spiro atoms. The van der Waals surface area contributed by atoms with Crippen molar-refractivity contribution in [2.75, 3.05) is 72.4 Å². The highest BCUT2D eigenvalue weighted by molar-refractivity contribution is 6.74. The van der Waals surface area contributed by atoms with Crippen molar-refractivity contribution in [3.63, 3.8) is 0 Å². The molecule has 0 saturated carbocycles. The van der Waals surface area contributed by atoms with Gasteiger partial charge in [-0.15, -0.1) is 0 Å². The van der Waals surface area contributed by atoms with Gasteiger partial charge < -0.3 is 42.6 Å². The quantitative estimate of drug-likeness (QED) is 0.311. The lowest BCUT2D eigenvalue weighted by atomic mass is 9.96. The normalized spacial score (nSPS) is 31.7. The Kier molecular flexibility index (Phi) is 14.5. The van der Waals surface area contributed by atoms with Gasteiger partial charge in [-0.25, -0.2) is 9.59 Å². The van der Waals surface area contributed by atoms with E-state index in [1.165, 1.54) is 33.7 Å². The summed E-state index contributed by atoms with van der Waals surface area (Å²) in [4.78, 5) is 54.4. The van der Waals surface area contributed by atoms with Crippen LogP contribution in [-0.4, -0.2) is 149 Å². The van der Waals surface area contributed by atoms with Gasteiger partial charge in [0.2, 0.25) is 0 Å². The second kappa shape index (κ2) is 18.5. The monoisotopic (exact) mass is 894 g/mol. The first-order chi connectivity index (χ1) is 28.5. The first-order valence-corrected chi connectivity index (χ1v) is 27.5. The molecule has 8 heterocycles. The molecule has 6 aliphatic rings. The van der Waals surface area contributed by atoms with Gasteiger partial charge in [0, 0.05) is 57.3 Å². The molecule has 6 fully saturated rings. The molecule has 61 heavy (non-hydrogen) atoms. The summed E-state index contributed by atoms with van der Waals surface area (Å²) < 4.78 is 51.8. The van der Waals surface area contributed by atoms with E-state index in [2.05, 4.69) is 87.9 Å². The number of aromatic amines is 2. The average molecular weight is 895 g/mol. The fourth-order valence-electron chi connectivity index (χ4n) is 7.93. The Morgan fingerprint density at radius 3 is 1.51 bits per heavy atom. The van der Waals surface area contributed by atoms with Crippen LogP contribution in [0.1, 0.15) is 67.3 Å². The third-order valence-electron chi connectivity index (χ3n) is 13.7. The maximum atomic E-state index is 12.5. The lowest BCUT2D eigenvalue weighted by Gasteiger charge is -2.42. The number of morpholine rings is 2. The van der Waals surface area contributed by atoms with E-state index in [-0.39, 0.29) is 28.4 Å². The van der Waals surface area contributed by atoms with Crippen molar-refractivity contribution in [3.8, 4) is 0 Å². The van der Waals surface area contributed by atoms with Crippen LogP contribution in [0.5, 0.6) is 0 Å². The number of hydrogen-bond donors (Lipinski definition) is 3. The first-order valence-electron chi connectivity index (χ1n) is 21.7. The van der Waals surface area contributed by atoms with Gasteiger partial charge in [-0.3, -0.25) is 33.6 Å². The van der Waals surface area contributed by atoms with Crippen LogP contribution in [0, 0.1) is 0 Å². The lowest BCUT2D eigenvalue weighted by Crippen LogP contribution is -2.57. The molecule has 344 valence electrons. The summed E-state index contributed by atoms with van der Waals surface area (Å²) in [7, 11) is -4.16. The molecule has 0 amide bonds. The van der Waals surface area contributed by atoms with Crippen molar-refractivity contribution in [2.24, 2.45) is 0 Å². The maximum absolute atomic E-state index is 12.5. The molecule has 2 unspecified atom stereocenters. The molecule has 2 aromatic rings. The predicted molar refractivity (Wildman–Crippen MR) is 233 cm³/mol. The van der Waals surface area contributed by atoms with Gasteiger partial charge in [-0.1, -0.05) is 48.5 Å². The van der Waals surface area contributed by atoms with Gasteiger partial charge in [0.25, 0.3) is 11.1 Å². The Labute approximate surface area is 360 Å². The third kappa shape index (κ3) is 10.2. The average Bonchev–Trinajstić information content (AvgIpc) is 3.89. The minimum absolute atomic E-state index is 0.0273. The Morgan fingerprint density at radius 1 is 0.689 bits per heavy atom. The fourth-order valence-corrected chi connectivity index (χ4v) is 10.6. The van der Waals surface area contributed by atoms with Crippen LogP contribution in [0.3, 0.4) is 0 Å². The summed E-state index contributed by atoms with van der Waals surface area (Å²) in [6.45, 7) is 32.5. The first kappa shape index (κ1) is 47.9. The molecule has 3 N–H and O–H groups in total. The van der Waals surface area contributed by atoms with Crippen LogP contribution in [-0.2, 0) is 37.3 Å². The summed E-state index contributed by atoms with van der Waals surface area (Å²) >= 11 is 0. The minimum Gasteiger partial charge on any atom is -0.408 e. The second-order valence-electron chi connectivity index (χ2n) is 19.9. The van der Waals surface area contributed by atoms with E-state index in [1.807, 2.05) is 6.92 Å². The highest BCUT2D eigenvalue weighted by Gasteiger charge is 2.66. The smallest absolute Gasteiger partial charge is 0.330 e. The fraction of sp³-hybridized carbons (Fsp3) is 0.805. The van der Waals surface area contributed by atoms with Crippen LogP contribution in [0.2, 0.25) is 36.3 Å². The topological polar surface area (TPSA) is 199 Å². The van der Waals surface area contributed by atoms with E-state index in [4.69, 9.17) is 37.3 Å². The van der Waals surface area contributed by atoms with Crippen LogP contribution < -0.4 is 27.8 Å². The number of ether oxygens (including phenoxy) is 6. The van der Waals surface area contributed by atoms with Crippen molar-refractivity contribution in [1.29, 1.82) is 0 Å². The molecule has 4 bridgehead atoms. The number of rotatable bonds is 9. The van der Waals surface area contributed by atoms with Crippen molar-refractivity contribution >= 4 is 16.6 Å². The molecular weight excluding hydrogens is 825 g/mol. The lowest BCUT2D eigenvalue weighted by molar-refractivity contribution is -0.183. The van der Waals surface area contributed by atoms with Crippen molar-refractivity contribution in [1.82, 2.24) is 29.3 Å². The minimum atomic E-state index is -2.13. The molecule has 8 rings (SSSR count). The highest BCUT2D eigenvalue weighted by Crippen LogP contribution is 2.52. The zero-order valence-corrected chi connectivity index (χ0v) is 40.0. The van der Waals surface area contributed by atoms with E-state index >= 15 is 0 Å². The zero-order valence-electron chi connectivity index (χ0n) is 38.0. The summed E-state index contributed by atoms with van der Waals surface area (Å²) in [5.41, 5.74) is -3.08. The second-order valence-corrected chi connectivity index (χ2v) is 29.4. The van der Waals surface area contributed by atoms with E-state index in [9.17, 15) is 19.2 Å². The Morgan fingerprint density at radius 2 is 1.11 bits per heavy atom. The predicted octanol–water partition coefficient (Wildman–Crippen LogP) is 2.54. The van der Waals surface area contributed by atoms with Crippen LogP contribution in [0.15, 0.2) is 43.7 Å². The molecule has 2 aromatic heterocycles. The summed E-state index contributed by atoms with van der Waals surface area (Å²) in [5.74, 6) is 0. The highest BCUT2D eigenvalue weighted by atomic mass is 28.4. The number of nitrogens with zero attached hydrogens (tertiary/aromatic N) is 3. The van der Waals surface area contributed by atoms with E-state index in [1.54, 1.807) is 0 Å². The van der Waals surface area contributed by atoms with Crippen LogP contribution in [0.25, 0.3) is 0 Å². The van der Waals surface area contributed by atoms with Gasteiger partial charge in [-0.05, 0) is 42.7 Å². The maximum Gasteiger partial charge on any atom is 0.330 e. The number of fused-ring (bicyclic) bond motifs is 4. The van der Waals surface area contributed by atoms with Gasteiger partial charge in [-0.2, -0.15) is 0 Å². The molecule has 20 heteroatoms. The van der Waals surface area contributed by atoms with Crippen LogP contribution in [0.4, 0.5) is 0 Å². The van der Waals surface area contributed by atoms with Crippen molar-refractivity contribution in [2.45, 2.75) is 139 Å². The van der Waals surface area contributed by atoms with Gasteiger partial charge in [0.15, 0.2) is 29.1 Å². The van der Waals surface area contributed by atoms with E-state index in [0.29, 0.717) is 33.0 Å². The molecular formula is C41H70N6O12Si2. The summed E-state index contributed by atoms with van der Waals surface area (Å²) in [6, 6.07) is 2.65.